The van der Waals surface area contributed by atoms with E-state index in [1.165, 1.54) is 19.3 Å². The largest absolute Gasteiger partial charge is 0.393 e. The molecule has 0 bridgehead atoms. The van der Waals surface area contributed by atoms with E-state index in [-0.39, 0.29) is 6.42 Å². The first kappa shape index (κ1) is 22.0. The Kier molecular flexibility index (Phi) is 11.9. The molecule has 0 fully saturated rings. The predicted octanol–water partition coefficient (Wildman–Crippen LogP) is 0.664. The number of ether oxygens (including phenoxy) is 1. The molecule has 0 amide bonds. The number of hydrogen-bond donors (Lipinski definition) is 4. The van der Waals surface area contributed by atoms with Gasteiger partial charge in [-0.15, -0.1) is 0 Å². The van der Waals surface area contributed by atoms with E-state index < -0.39 is 36.9 Å². The molecule has 4 N–H and O–H groups in total. The van der Waals surface area contributed by atoms with Crippen LogP contribution in [0.4, 0.5) is 0 Å². The van der Waals surface area contributed by atoms with Crippen molar-refractivity contribution in [2.45, 2.75) is 76.4 Å². The normalized spacial score (nSPS) is 15.0. The van der Waals surface area contributed by atoms with Gasteiger partial charge in [-0.2, -0.15) is 0 Å². The molecule has 136 valence electrons. The maximum atomic E-state index is 11.7. The Morgan fingerprint density at radius 3 is 2.00 bits per heavy atom. The van der Waals surface area contributed by atoms with Crippen LogP contribution in [-0.2, 0) is 14.3 Å². The molecule has 7 nitrogen and oxygen atoms in total. The second-order valence-corrected chi connectivity index (χ2v) is 5.82. The van der Waals surface area contributed by atoms with Crippen LogP contribution >= 0.6 is 0 Å². The van der Waals surface area contributed by atoms with Gasteiger partial charge in [0.25, 0.3) is 0 Å². The fourth-order valence-electron chi connectivity index (χ4n) is 2.13. The number of aliphatic hydroxyl groups excluding tert-OH is 3. The van der Waals surface area contributed by atoms with E-state index in [4.69, 9.17) is 10.2 Å². The van der Waals surface area contributed by atoms with Crippen LogP contribution in [0.3, 0.4) is 0 Å². The molecule has 0 spiro atoms. The predicted molar refractivity (Wildman–Crippen MR) is 83.5 cm³/mol. The van der Waals surface area contributed by atoms with Gasteiger partial charge in [0.15, 0.2) is 11.7 Å². The van der Waals surface area contributed by atoms with Gasteiger partial charge in [0, 0.05) is 0 Å². The molecule has 7 heteroatoms. The topological polar surface area (TPSA) is 124 Å². The molecule has 0 aliphatic rings. The number of unbranched alkanes of at least 4 members (excludes halogenated alkanes) is 7. The fourth-order valence-corrected chi connectivity index (χ4v) is 2.13. The van der Waals surface area contributed by atoms with Crippen molar-refractivity contribution >= 4 is 11.9 Å². The third kappa shape index (κ3) is 9.00. The second kappa shape index (κ2) is 12.4. The number of hydrogen-bond acceptors (Lipinski definition) is 7. The molecule has 0 heterocycles. The van der Waals surface area contributed by atoms with Crippen LogP contribution in [-0.4, -0.2) is 57.3 Å². The van der Waals surface area contributed by atoms with Crippen LogP contribution in [0.5, 0.6) is 0 Å². The number of carbonyl (C=O) groups is 2. The minimum atomic E-state index is -2.16. The summed E-state index contributed by atoms with van der Waals surface area (Å²) in [5.74, 6) is -2.65. The first-order chi connectivity index (χ1) is 10.9. The maximum Gasteiger partial charge on any atom is 0.348 e. The molecule has 0 aromatic carbocycles. The zero-order valence-electron chi connectivity index (χ0n) is 13.9. The lowest BCUT2D eigenvalue weighted by molar-refractivity contribution is -0.183. The van der Waals surface area contributed by atoms with Gasteiger partial charge in [-0.3, -0.25) is 0 Å². The van der Waals surface area contributed by atoms with Crippen LogP contribution in [0, 0.1) is 0 Å². The average Bonchev–Trinajstić information content (AvgIpc) is 2.55. The van der Waals surface area contributed by atoms with Crippen LogP contribution < -0.4 is 0 Å². The van der Waals surface area contributed by atoms with Crippen molar-refractivity contribution in [1.82, 2.24) is 0 Å². The molecule has 0 aromatic heterocycles. The third-order valence-corrected chi connectivity index (χ3v) is 3.72. The van der Waals surface area contributed by atoms with E-state index in [1.54, 1.807) is 0 Å². The summed E-state index contributed by atoms with van der Waals surface area (Å²) in [6.07, 6.45) is 6.28. The Labute approximate surface area is 137 Å². The molecule has 0 aromatic rings. The summed E-state index contributed by atoms with van der Waals surface area (Å²) < 4.78 is 4.28. The lowest BCUT2D eigenvalue weighted by atomic mass is 9.96. The second-order valence-electron chi connectivity index (χ2n) is 5.82. The molecule has 2 unspecified atom stereocenters. The van der Waals surface area contributed by atoms with E-state index in [1.807, 2.05) is 0 Å². The average molecular weight is 334 g/mol. The monoisotopic (exact) mass is 334 g/mol. The van der Waals surface area contributed by atoms with E-state index in [0.717, 1.165) is 25.7 Å². The maximum absolute atomic E-state index is 11.7. The Balaban J connectivity index is 4.09. The molecule has 0 radical (unpaired) electrons. The van der Waals surface area contributed by atoms with Gasteiger partial charge in [0.2, 0.25) is 0 Å². The summed E-state index contributed by atoms with van der Waals surface area (Å²) in [5.41, 5.74) is -2.16. The SMILES string of the molecule is CCCCCCCCCCC(O)(CO)C(=O)OC(=O)C(O)CO. The Hall–Kier alpha value is -1.02. The quantitative estimate of drug-likeness (QED) is 0.221. The van der Waals surface area contributed by atoms with Gasteiger partial charge < -0.3 is 25.2 Å². The summed E-state index contributed by atoms with van der Waals surface area (Å²) in [6.45, 7) is 0.394. The van der Waals surface area contributed by atoms with Gasteiger partial charge in [0.05, 0.1) is 13.2 Å². The van der Waals surface area contributed by atoms with E-state index in [2.05, 4.69) is 11.7 Å². The van der Waals surface area contributed by atoms with Gasteiger partial charge >= 0.3 is 11.9 Å². The summed E-state index contributed by atoms with van der Waals surface area (Å²) in [7, 11) is 0. The standard InChI is InChI=1S/C16H30O7/c1-2-3-4-5-6-7-8-9-10-16(22,12-18)15(21)23-14(20)13(19)11-17/h13,17-19,22H,2-12H2,1H3. The van der Waals surface area contributed by atoms with Crippen molar-refractivity contribution in [3.05, 3.63) is 0 Å². The van der Waals surface area contributed by atoms with Gasteiger partial charge in [-0.1, -0.05) is 51.9 Å². The lowest BCUT2D eigenvalue weighted by Crippen LogP contribution is -2.46. The highest BCUT2D eigenvalue weighted by Crippen LogP contribution is 2.18. The summed E-state index contributed by atoms with van der Waals surface area (Å²) in [4.78, 5) is 22.9. The molecule has 0 saturated carbocycles. The summed E-state index contributed by atoms with van der Waals surface area (Å²) >= 11 is 0. The van der Waals surface area contributed by atoms with E-state index in [9.17, 15) is 19.8 Å². The Morgan fingerprint density at radius 1 is 1.00 bits per heavy atom. The minimum absolute atomic E-state index is 0.0280. The van der Waals surface area contributed by atoms with Crippen LogP contribution in [0.15, 0.2) is 0 Å². The first-order valence-electron chi connectivity index (χ1n) is 8.29. The van der Waals surface area contributed by atoms with Crippen LogP contribution in [0.1, 0.15) is 64.7 Å². The van der Waals surface area contributed by atoms with Crippen LogP contribution in [0.2, 0.25) is 0 Å². The molecular weight excluding hydrogens is 304 g/mol. The number of carbonyl (C=O) groups excluding carboxylic acids is 2. The van der Waals surface area contributed by atoms with Crippen molar-refractivity contribution in [3.8, 4) is 0 Å². The minimum Gasteiger partial charge on any atom is -0.393 e. The fraction of sp³-hybridized carbons (Fsp3) is 0.875. The molecule has 0 aliphatic carbocycles. The van der Waals surface area contributed by atoms with Crippen molar-refractivity contribution in [2.75, 3.05) is 13.2 Å². The van der Waals surface area contributed by atoms with Gasteiger partial charge in [-0.05, 0) is 12.8 Å². The molecule has 0 rings (SSSR count). The number of aliphatic hydroxyl groups is 4. The zero-order chi connectivity index (χ0) is 17.7. The highest BCUT2D eigenvalue weighted by Gasteiger charge is 2.38. The first-order valence-corrected chi connectivity index (χ1v) is 8.29. The molecule has 23 heavy (non-hydrogen) atoms. The molecular formula is C16H30O7. The highest BCUT2D eigenvalue weighted by molar-refractivity contribution is 5.92. The molecule has 2 atom stereocenters. The lowest BCUT2D eigenvalue weighted by Gasteiger charge is -2.23. The van der Waals surface area contributed by atoms with Gasteiger partial charge in [-0.25, -0.2) is 9.59 Å². The highest BCUT2D eigenvalue weighted by atomic mass is 16.6. The van der Waals surface area contributed by atoms with Crippen LogP contribution in [0.25, 0.3) is 0 Å². The summed E-state index contributed by atoms with van der Waals surface area (Å²) in [6, 6.07) is 0. The Bertz CT molecular complexity index is 345. The Morgan fingerprint density at radius 2 is 1.52 bits per heavy atom. The molecule has 0 saturated heterocycles. The third-order valence-electron chi connectivity index (χ3n) is 3.72. The van der Waals surface area contributed by atoms with Crippen molar-refractivity contribution in [2.24, 2.45) is 0 Å². The van der Waals surface area contributed by atoms with E-state index in [0.29, 0.717) is 6.42 Å². The number of esters is 2. The van der Waals surface area contributed by atoms with Crippen molar-refractivity contribution < 1.29 is 34.8 Å². The summed E-state index contributed by atoms with van der Waals surface area (Å²) in [5, 5.41) is 36.8. The van der Waals surface area contributed by atoms with Crippen molar-refractivity contribution in [1.29, 1.82) is 0 Å². The molecule has 0 aliphatic heterocycles. The smallest absolute Gasteiger partial charge is 0.348 e. The van der Waals surface area contributed by atoms with Crippen molar-refractivity contribution in [3.63, 3.8) is 0 Å². The van der Waals surface area contributed by atoms with E-state index >= 15 is 0 Å². The van der Waals surface area contributed by atoms with Gasteiger partial charge in [0.1, 0.15) is 0 Å². The number of rotatable bonds is 13. The zero-order valence-corrected chi connectivity index (χ0v) is 13.9.